The Morgan fingerprint density at radius 1 is 1.33 bits per heavy atom. The molecule has 0 aliphatic rings. The van der Waals surface area contributed by atoms with Crippen molar-refractivity contribution < 1.29 is 9.18 Å². The molecule has 27 heavy (non-hydrogen) atoms. The van der Waals surface area contributed by atoms with E-state index in [0.717, 1.165) is 17.4 Å². The molecular weight excluding hydrogens is 389 g/mol. The van der Waals surface area contributed by atoms with Gasteiger partial charge in [0, 0.05) is 10.6 Å². The van der Waals surface area contributed by atoms with Gasteiger partial charge in [0.05, 0.1) is 17.5 Å². The van der Waals surface area contributed by atoms with Gasteiger partial charge in [0.2, 0.25) is 5.91 Å². The van der Waals surface area contributed by atoms with Crippen LogP contribution in [0.2, 0.25) is 5.02 Å². The van der Waals surface area contributed by atoms with Gasteiger partial charge in [0.1, 0.15) is 18.2 Å². The molecule has 1 unspecified atom stereocenters. The first-order valence-electron chi connectivity index (χ1n) is 7.80. The molecule has 9 heteroatoms. The van der Waals surface area contributed by atoms with Gasteiger partial charge in [0.25, 0.3) is 0 Å². The van der Waals surface area contributed by atoms with E-state index in [1.54, 1.807) is 28.8 Å². The first-order chi connectivity index (χ1) is 13.1. The van der Waals surface area contributed by atoms with Crippen molar-refractivity contribution >= 4 is 29.3 Å². The van der Waals surface area contributed by atoms with Crippen LogP contribution in [0, 0.1) is 17.1 Å². The zero-order chi connectivity index (χ0) is 19.2. The standard InChI is InChI=1S/C18H13ClFN5OS/c19-12-4-3-5-13(8-12)25-11-22-24-18(25)27-10-17(26)23-16(9-21)14-6-1-2-7-15(14)20/h1-8,11,16H,10H2,(H,23,26). The summed E-state index contributed by atoms with van der Waals surface area (Å²) in [6, 6.07) is 13.8. The number of hydrogen-bond donors (Lipinski definition) is 1. The molecule has 3 rings (SSSR count). The van der Waals surface area contributed by atoms with Gasteiger partial charge in [0.15, 0.2) is 5.16 Å². The fraction of sp³-hybridized carbons (Fsp3) is 0.111. The van der Waals surface area contributed by atoms with Crippen molar-refractivity contribution in [3.05, 3.63) is 71.3 Å². The van der Waals surface area contributed by atoms with Gasteiger partial charge < -0.3 is 5.32 Å². The van der Waals surface area contributed by atoms with Crippen LogP contribution in [-0.4, -0.2) is 26.4 Å². The number of aromatic nitrogens is 3. The molecule has 1 atom stereocenters. The molecule has 1 N–H and O–H groups in total. The number of benzene rings is 2. The van der Waals surface area contributed by atoms with E-state index in [0.29, 0.717) is 10.2 Å². The number of hydrogen-bond acceptors (Lipinski definition) is 5. The van der Waals surface area contributed by atoms with Crippen molar-refractivity contribution in [3.8, 4) is 11.8 Å². The lowest BCUT2D eigenvalue weighted by Gasteiger charge is -2.12. The van der Waals surface area contributed by atoms with Crippen LogP contribution in [0.5, 0.6) is 0 Å². The zero-order valence-corrected chi connectivity index (χ0v) is 15.4. The van der Waals surface area contributed by atoms with E-state index in [1.807, 2.05) is 12.1 Å². The maximum atomic E-state index is 13.8. The van der Waals surface area contributed by atoms with Crippen LogP contribution in [0.15, 0.2) is 60.0 Å². The smallest absolute Gasteiger partial charge is 0.231 e. The molecule has 1 heterocycles. The first kappa shape index (κ1) is 18.9. The number of halogens is 2. The fourth-order valence-corrected chi connectivity index (χ4v) is 3.27. The molecule has 0 bridgehead atoms. The second-order valence-electron chi connectivity index (χ2n) is 5.40. The highest BCUT2D eigenvalue weighted by Crippen LogP contribution is 2.22. The number of thioether (sulfide) groups is 1. The summed E-state index contributed by atoms with van der Waals surface area (Å²) in [5.74, 6) is -0.973. The van der Waals surface area contributed by atoms with Gasteiger partial charge >= 0.3 is 0 Å². The molecule has 0 radical (unpaired) electrons. The number of nitrogens with zero attached hydrogens (tertiary/aromatic N) is 4. The summed E-state index contributed by atoms with van der Waals surface area (Å²) in [6.07, 6.45) is 1.52. The topological polar surface area (TPSA) is 83.6 Å². The van der Waals surface area contributed by atoms with E-state index in [9.17, 15) is 14.4 Å². The maximum Gasteiger partial charge on any atom is 0.231 e. The Morgan fingerprint density at radius 3 is 2.89 bits per heavy atom. The molecule has 0 spiro atoms. The zero-order valence-electron chi connectivity index (χ0n) is 13.8. The van der Waals surface area contributed by atoms with E-state index in [-0.39, 0.29) is 11.3 Å². The Bertz CT molecular complexity index is 1000. The molecule has 2 aromatic carbocycles. The molecule has 136 valence electrons. The number of carbonyl (C=O) groups excluding carboxylic acids is 1. The Labute approximate surface area is 164 Å². The predicted octanol–water partition coefficient (Wildman–Crippen LogP) is 3.53. The molecule has 0 saturated carbocycles. The lowest BCUT2D eigenvalue weighted by molar-refractivity contribution is -0.118. The predicted molar refractivity (Wildman–Crippen MR) is 100.0 cm³/mol. The van der Waals surface area contributed by atoms with E-state index in [1.165, 1.54) is 24.5 Å². The number of nitriles is 1. The van der Waals surface area contributed by atoms with E-state index >= 15 is 0 Å². The Balaban J connectivity index is 1.66. The lowest BCUT2D eigenvalue weighted by Crippen LogP contribution is -2.29. The van der Waals surface area contributed by atoms with Gasteiger partial charge in [-0.3, -0.25) is 9.36 Å². The van der Waals surface area contributed by atoms with E-state index in [4.69, 9.17) is 11.6 Å². The molecule has 0 saturated heterocycles. The van der Waals surface area contributed by atoms with Gasteiger partial charge in [-0.15, -0.1) is 10.2 Å². The van der Waals surface area contributed by atoms with Gasteiger partial charge in [-0.25, -0.2) is 4.39 Å². The largest absolute Gasteiger partial charge is 0.336 e. The first-order valence-corrected chi connectivity index (χ1v) is 9.17. The Kier molecular flexibility index (Phi) is 6.06. The second-order valence-corrected chi connectivity index (χ2v) is 6.78. The molecular formula is C18H13ClFN5OS. The van der Waals surface area contributed by atoms with Crippen LogP contribution < -0.4 is 5.32 Å². The molecule has 1 aromatic heterocycles. The number of amides is 1. The van der Waals surface area contributed by atoms with Crippen molar-refractivity contribution in [2.24, 2.45) is 0 Å². The van der Waals surface area contributed by atoms with Gasteiger partial charge in [-0.2, -0.15) is 5.26 Å². The number of carbonyl (C=O) groups is 1. The summed E-state index contributed by atoms with van der Waals surface area (Å²) < 4.78 is 15.5. The summed E-state index contributed by atoms with van der Waals surface area (Å²) in [5, 5.41) is 20.7. The highest BCUT2D eigenvalue weighted by atomic mass is 35.5. The summed E-state index contributed by atoms with van der Waals surface area (Å²) in [4.78, 5) is 12.2. The molecule has 0 aliphatic carbocycles. The summed E-state index contributed by atoms with van der Waals surface area (Å²) >= 11 is 7.14. The Hall–Kier alpha value is -2.89. The average molecular weight is 402 g/mol. The molecule has 1 amide bonds. The summed E-state index contributed by atoms with van der Waals surface area (Å²) in [5.41, 5.74) is 0.886. The van der Waals surface area contributed by atoms with Crippen LogP contribution in [0.1, 0.15) is 11.6 Å². The van der Waals surface area contributed by atoms with Crippen molar-refractivity contribution in [1.29, 1.82) is 5.26 Å². The minimum atomic E-state index is -1.06. The Morgan fingerprint density at radius 2 is 2.15 bits per heavy atom. The molecule has 0 fully saturated rings. The normalized spacial score (nSPS) is 11.6. The SMILES string of the molecule is N#CC(NC(=O)CSc1nncn1-c1cccc(Cl)c1)c1ccccc1F. The van der Waals surface area contributed by atoms with Crippen LogP contribution in [0.3, 0.4) is 0 Å². The fourth-order valence-electron chi connectivity index (χ4n) is 2.35. The highest BCUT2D eigenvalue weighted by Gasteiger charge is 2.18. The van der Waals surface area contributed by atoms with E-state index < -0.39 is 17.8 Å². The average Bonchev–Trinajstić information content (AvgIpc) is 3.14. The van der Waals surface area contributed by atoms with Crippen molar-refractivity contribution in [2.75, 3.05) is 5.75 Å². The van der Waals surface area contributed by atoms with Crippen LogP contribution in [0.4, 0.5) is 4.39 Å². The monoisotopic (exact) mass is 401 g/mol. The minimum absolute atomic E-state index is 0.00804. The quantitative estimate of drug-likeness (QED) is 0.639. The molecule has 6 nitrogen and oxygen atoms in total. The van der Waals surface area contributed by atoms with Crippen LogP contribution in [0.25, 0.3) is 5.69 Å². The van der Waals surface area contributed by atoms with Crippen molar-refractivity contribution in [3.63, 3.8) is 0 Å². The lowest BCUT2D eigenvalue weighted by atomic mass is 10.1. The third kappa shape index (κ3) is 4.64. The van der Waals surface area contributed by atoms with Gasteiger partial charge in [-0.1, -0.05) is 47.6 Å². The summed E-state index contributed by atoms with van der Waals surface area (Å²) in [6.45, 7) is 0. The maximum absolute atomic E-state index is 13.8. The summed E-state index contributed by atoms with van der Waals surface area (Å²) in [7, 11) is 0. The van der Waals surface area contributed by atoms with Gasteiger partial charge in [-0.05, 0) is 24.3 Å². The molecule has 3 aromatic rings. The van der Waals surface area contributed by atoms with Crippen LogP contribution in [-0.2, 0) is 4.79 Å². The van der Waals surface area contributed by atoms with Crippen molar-refractivity contribution in [1.82, 2.24) is 20.1 Å². The third-order valence-electron chi connectivity index (χ3n) is 3.59. The van der Waals surface area contributed by atoms with Crippen LogP contribution >= 0.6 is 23.4 Å². The highest BCUT2D eigenvalue weighted by molar-refractivity contribution is 7.99. The van der Waals surface area contributed by atoms with E-state index in [2.05, 4.69) is 15.5 Å². The molecule has 0 aliphatic heterocycles. The number of nitrogens with one attached hydrogen (secondary N) is 1. The minimum Gasteiger partial charge on any atom is -0.336 e. The van der Waals surface area contributed by atoms with Crippen molar-refractivity contribution in [2.45, 2.75) is 11.2 Å². The number of rotatable bonds is 6. The second kappa shape index (κ2) is 8.66. The third-order valence-corrected chi connectivity index (χ3v) is 4.76.